The molecule has 0 aliphatic heterocycles. The zero-order valence-corrected chi connectivity index (χ0v) is 8.28. The molecule has 1 aromatic carbocycles. The van der Waals surface area contributed by atoms with Crippen LogP contribution < -0.4 is 0 Å². The van der Waals surface area contributed by atoms with Gasteiger partial charge in [0.1, 0.15) is 0 Å². The number of aromatic hydroxyl groups is 1. The molecule has 2 rings (SSSR count). The first-order valence-corrected chi connectivity index (χ1v) is 4.40. The van der Waals surface area contributed by atoms with E-state index >= 15 is 0 Å². The van der Waals surface area contributed by atoms with E-state index in [1.807, 2.05) is 0 Å². The highest BCUT2D eigenvalue weighted by Crippen LogP contribution is 2.29. The lowest BCUT2D eigenvalue weighted by Gasteiger charge is -1.94. The van der Waals surface area contributed by atoms with E-state index in [0.717, 1.165) is 0 Å². The first-order chi connectivity index (χ1) is 6.58. The number of nitro groups is 1. The Morgan fingerprint density at radius 2 is 2.29 bits per heavy atom. The standard InChI is InChI=1S/C7H4BrN3O3/c8-3-1-4-5(10-7(12)9-4)2-6(3)11(13)14/h1-2H,(H2,9,10,12). The van der Waals surface area contributed by atoms with Crippen LogP contribution in [0.3, 0.4) is 0 Å². The number of benzene rings is 1. The summed E-state index contributed by atoms with van der Waals surface area (Å²) in [5.74, 6) is 0. The molecule has 0 atom stereocenters. The van der Waals surface area contributed by atoms with Crippen LogP contribution in [-0.4, -0.2) is 20.0 Å². The molecule has 6 nitrogen and oxygen atoms in total. The Morgan fingerprint density at radius 1 is 1.57 bits per heavy atom. The summed E-state index contributed by atoms with van der Waals surface area (Å²) in [6.45, 7) is 0. The van der Waals surface area contributed by atoms with Crippen molar-refractivity contribution in [3.63, 3.8) is 0 Å². The van der Waals surface area contributed by atoms with Crippen molar-refractivity contribution < 1.29 is 10.0 Å². The predicted octanol–water partition coefficient (Wildman–Crippen LogP) is 1.94. The lowest BCUT2D eigenvalue weighted by atomic mass is 10.3. The average molecular weight is 258 g/mol. The Bertz CT molecular complexity index is 522. The number of hydrogen-bond acceptors (Lipinski definition) is 4. The highest BCUT2D eigenvalue weighted by Gasteiger charge is 2.14. The third-order valence-corrected chi connectivity index (χ3v) is 2.37. The predicted molar refractivity (Wildman–Crippen MR) is 52.1 cm³/mol. The molecule has 0 radical (unpaired) electrons. The number of nitro benzene ring substituents is 1. The molecule has 0 aliphatic rings. The molecule has 0 aliphatic carbocycles. The fourth-order valence-electron chi connectivity index (χ4n) is 1.15. The third-order valence-electron chi connectivity index (χ3n) is 1.73. The molecule has 2 N–H and O–H groups in total. The molecule has 0 fully saturated rings. The van der Waals surface area contributed by atoms with Gasteiger partial charge in [0.05, 0.1) is 20.4 Å². The summed E-state index contributed by atoms with van der Waals surface area (Å²) in [6.07, 6.45) is 0. The topological polar surface area (TPSA) is 92.1 Å². The first-order valence-electron chi connectivity index (χ1n) is 3.60. The summed E-state index contributed by atoms with van der Waals surface area (Å²) in [6, 6.07) is 2.53. The van der Waals surface area contributed by atoms with Crippen LogP contribution in [0.2, 0.25) is 0 Å². The van der Waals surface area contributed by atoms with E-state index in [1.165, 1.54) is 12.1 Å². The number of nitrogens with one attached hydrogen (secondary N) is 1. The lowest BCUT2D eigenvalue weighted by Crippen LogP contribution is -1.88. The van der Waals surface area contributed by atoms with Crippen LogP contribution in [0.15, 0.2) is 16.6 Å². The van der Waals surface area contributed by atoms with Crippen LogP contribution in [-0.2, 0) is 0 Å². The summed E-state index contributed by atoms with van der Waals surface area (Å²) in [5.41, 5.74) is 0.821. The number of aromatic amines is 1. The maximum atomic E-state index is 10.5. The zero-order chi connectivity index (χ0) is 10.3. The molecule has 0 saturated heterocycles. The summed E-state index contributed by atoms with van der Waals surface area (Å²) in [4.78, 5) is 16.3. The average Bonchev–Trinajstić information content (AvgIpc) is 2.42. The highest BCUT2D eigenvalue weighted by molar-refractivity contribution is 9.10. The minimum atomic E-state index is -0.519. The van der Waals surface area contributed by atoms with E-state index in [-0.39, 0.29) is 11.7 Å². The molecule has 7 heteroatoms. The third kappa shape index (κ3) is 1.31. The second kappa shape index (κ2) is 2.95. The Morgan fingerprint density at radius 3 is 2.93 bits per heavy atom. The number of imidazole rings is 1. The van der Waals surface area contributed by atoms with Crippen molar-refractivity contribution in [3.05, 3.63) is 26.7 Å². The first kappa shape index (κ1) is 8.95. The van der Waals surface area contributed by atoms with Gasteiger partial charge >= 0.3 is 0 Å². The molecule has 0 saturated carbocycles. The van der Waals surface area contributed by atoms with Gasteiger partial charge in [0.2, 0.25) is 0 Å². The second-order valence-corrected chi connectivity index (χ2v) is 3.49. The van der Waals surface area contributed by atoms with Gasteiger partial charge in [0.25, 0.3) is 11.7 Å². The highest BCUT2D eigenvalue weighted by atomic mass is 79.9. The minimum absolute atomic E-state index is 0.0796. The van der Waals surface area contributed by atoms with Gasteiger partial charge in [-0.2, -0.15) is 4.98 Å². The van der Waals surface area contributed by atoms with Crippen molar-refractivity contribution in [2.75, 3.05) is 0 Å². The number of rotatable bonds is 1. The molecule has 2 aromatic rings. The molecule has 14 heavy (non-hydrogen) atoms. The van der Waals surface area contributed by atoms with Gasteiger partial charge in [0, 0.05) is 6.07 Å². The molecule has 0 unspecified atom stereocenters. The van der Waals surface area contributed by atoms with Crippen molar-refractivity contribution in [2.45, 2.75) is 0 Å². The maximum Gasteiger partial charge on any atom is 0.292 e. The number of H-pyrrole nitrogens is 1. The Balaban J connectivity index is 2.76. The van der Waals surface area contributed by atoms with Gasteiger partial charge in [-0.15, -0.1) is 0 Å². The number of halogens is 1. The minimum Gasteiger partial charge on any atom is -0.480 e. The lowest BCUT2D eigenvalue weighted by molar-refractivity contribution is -0.385. The Kier molecular flexibility index (Phi) is 1.88. The fraction of sp³-hybridized carbons (Fsp3) is 0. The smallest absolute Gasteiger partial charge is 0.292 e. The molecular formula is C7H4BrN3O3. The summed E-state index contributed by atoms with van der Waals surface area (Å²) in [7, 11) is 0. The number of hydrogen-bond donors (Lipinski definition) is 2. The number of nitrogens with zero attached hydrogens (tertiary/aromatic N) is 2. The molecule has 72 valence electrons. The molecule has 0 amide bonds. The number of fused-ring (bicyclic) bond motifs is 1. The van der Waals surface area contributed by atoms with E-state index in [4.69, 9.17) is 5.11 Å². The van der Waals surface area contributed by atoms with Gasteiger partial charge in [0.15, 0.2) is 0 Å². The monoisotopic (exact) mass is 257 g/mol. The van der Waals surface area contributed by atoms with Crippen molar-refractivity contribution in [1.29, 1.82) is 0 Å². The second-order valence-electron chi connectivity index (χ2n) is 2.64. The molecule has 0 spiro atoms. The van der Waals surface area contributed by atoms with Gasteiger partial charge < -0.3 is 10.1 Å². The van der Waals surface area contributed by atoms with Gasteiger partial charge in [-0.1, -0.05) is 0 Å². The molecule has 0 bridgehead atoms. The Hall–Kier alpha value is -1.63. The van der Waals surface area contributed by atoms with E-state index < -0.39 is 4.92 Å². The molecule has 1 heterocycles. The summed E-state index contributed by atoms with van der Waals surface area (Å²) < 4.78 is 0.346. The molecule has 1 aromatic heterocycles. The van der Waals surface area contributed by atoms with Crippen molar-refractivity contribution in [1.82, 2.24) is 9.97 Å². The van der Waals surface area contributed by atoms with Crippen LogP contribution in [0.4, 0.5) is 5.69 Å². The van der Waals surface area contributed by atoms with Crippen LogP contribution in [0, 0.1) is 10.1 Å². The maximum absolute atomic E-state index is 10.5. The van der Waals surface area contributed by atoms with Crippen molar-refractivity contribution in [3.8, 4) is 6.01 Å². The summed E-state index contributed by atoms with van der Waals surface area (Å²) >= 11 is 3.06. The zero-order valence-electron chi connectivity index (χ0n) is 6.69. The van der Waals surface area contributed by atoms with E-state index in [1.54, 1.807) is 0 Å². The van der Waals surface area contributed by atoms with Crippen molar-refractivity contribution >= 4 is 32.7 Å². The quantitative estimate of drug-likeness (QED) is 0.603. The SMILES string of the molecule is O=[N+]([O-])c1cc2nc(O)[nH]c2cc1Br. The van der Waals surface area contributed by atoms with Gasteiger partial charge in [-0.05, 0) is 22.0 Å². The fourth-order valence-corrected chi connectivity index (χ4v) is 1.63. The van der Waals surface area contributed by atoms with E-state index in [2.05, 4.69) is 25.9 Å². The Labute approximate surface area is 85.9 Å². The van der Waals surface area contributed by atoms with Crippen LogP contribution >= 0.6 is 15.9 Å². The largest absolute Gasteiger partial charge is 0.480 e. The van der Waals surface area contributed by atoms with Crippen molar-refractivity contribution in [2.24, 2.45) is 0 Å². The van der Waals surface area contributed by atoms with Gasteiger partial charge in [-0.3, -0.25) is 10.1 Å². The van der Waals surface area contributed by atoms with E-state index in [9.17, 15) is 10.1 Å². The van der Waals surface area contributed by atoms with Crippen LogP contribution in [0.25, 0.3) is 11.0 Å². The van der Waals surface area contributed by atoms with Crippen LogP contribution in [0.1, 0.15) is 0 Å². The normalized spacial score (nSPS) is 10.6. The van der Waals surface area contributed by atoms with Gasteiger partial charge in [-0.25, -0.2) is 0 Å². The molecular weight excluding hydrogens is 254 g/mol. The van der Waals surface area contributed by atoms with E-state index in [0.29, 0.717) is 15.5 Å². The summed E-state index contributed by atoms with van der Waals surface area (Å²) in [5, 5.41) is 19.6. The number of aromatic nitrogens is 2. The van der Waals surface area contributed by atoms with Crippen LogP contribution in [0.5, 0.6) is 6.01 Å².